The largest absolute Gasteiger partial charge is 0.377 e. The SMILES string of the molecule is CCCCO[C@@H]1C[C@@H]2c3ccccc3[C@@H]1c1cccc[n+]12. The molecule has 0 amide bonds. The summed E-state index contributed by atoms with van der Waals surface area (Å²) in [5.74, 6) is 0.393. The summed E-state index contributed by atoms with van der Waals surface area (Å²) >= 11 is 0. The van der Waals surface area contributed by atoms with Gasteiger partial charge in [-0.3, -0.25) is 0 Å². The first kappa shape index (κ1) is 13.0. The molecule has 0 saturated carbocycles. The Kier molecular flexibility index (Phi) is 3.27. The van der Waals surface area contributed by atoms with E-state index in [0.29, 0.717) is 18.1 Å². The van der Waals surface area contributed by atoms with Gasteiger partial charge in [0.05, 0.1) is 12.0 Å². The van der Waals surface area contributed by atoms with Crippen molar-refractivity contribution in [3.63, 3.8) is 0 Å². The molecule has 108 valence electrons. The van der Waals surface area contributed by atoms with E-state index < -0.39 is 0 Å². The lowest BCUT2D eigenvalue weighted by Crippen LogP contribution is -2.56. The van der Waals surface area contributed by atoms with Crippen molar-refractivity contribution in [2.75, 3.05) is 6.61 Å². The number of pyridine rings is 1. The molecule has 1 aromatic carbocycles. The average Bonchev–Trinajstić information content (AvgIpc) is 2.55. The van der Waals surface area contributed by atoms with Gasteiger partial charge in [-0.1, -0.05) is 43.7 Å². The second-order valence-corrected chi connectivity index (χ2v) is 6.15. The van der Waals surface area contributed by atoms with E-state index in [4.69, 9.17) is 4.74 Å². The minimum Gasteiger partial charge on any atom is -0.377 e. The van der Waals surface area contributed by atoms with Gasteiger partial charge in [0.15, 0.2) is 17.9 Å². The Morgan fingerprint density at radius 1 is 1.10 bits per heavy atom. The van der Waals surface area contributed by atoms with Crippen LogP contribution in [0.3, 0.4) is 0 Å². The fourth-order valence-electron chi connectivity index (χ4n) is 3.95. The number of unbranched alkanes of at least 4 members (excludes halogenated alkanes) is 1. The molecular formula is C19H22NO+. The van der Waals surface area contributed by atoms with Gasteiger partial charge < -0.3 is 4.74 Å². The molecule has 2 aromatic rings. The fourth-order valence-corrected chi connectivity index (χ4v) is 3.95. The van der Waals surface area contributed by atoms with E-state index in [9.17, 15) is 0 Å². The normalized spacial score (nSPS) is 25.5. The van der Waals surface area contributed by atoms with E-state index in [1.165, 1.54) is 23.2 Å². The van der Waals surface area contributed by atoms with Gasteiger partial charge in [-0.05, 0) is 12.0 Å². The molecule has 0 N–H and O–H groups in total. The second kappa shape index (κ2) is 5.27. The fraction of sp³-hybridized carbons (Fsp3) is 0.421. The van der Waals surface area contributed by atoms with Crippen molar-refractivity contribution in [3.8, 4) is 0 Å². The molecule has 2 nitrogen and oxygen atoms in total. The molecule has 0 spiro atoms. The van der Waals surface area contributed by atoms with Gasteiger partial charge in [0.1, 0.15) is 0 Å². The molecule has 2 bridgehead atoms. The summed E-state index contributed by atoms with van der Waals surface area (Å²) in [6.45, 7) is 3.11. The zero-order chi connectivity index (χ0) is 14.2. The number of ether oxygens (including phenoxy) is 1. The van der Waals surface area contributed by atoms with E-state index in [2.05, 4.69) is 60.2 Å². The van der Waals surface area contributed by atoms with Gasteiger partial charge >= 0.3 is 0 Å². The van der Waals surface area contributed by atoms with Gasteiger partial charge in [-0.25, -0.2) is 0 Å². The number of nitrogens with zero attached hydrogens (tertiary/aromatic N) is 1. The third-order valence-electron chi connectivity index (χ3n) is 4.92. The minimum absolute atomic E-state index is 0.332. The number of benzene rings is 1. The number of rotatable bonds is 4. The minimum atomic E-state index is 0.332. The average molecular weight is 280 g/mol. The molecule has 3 heterocycles. The highest BCUT2D eigenvalue weighted by molar-refractivity contribution is 5.42. The van der Waals surface area contributed by atoms with Crippen LogP contribution in [0.5, 0.6) is 0 Å². The van der Waals surface area contributed by atoms with E-state index in [-0.39, 0.29) is 0 Å². The molecule has 0 saturated heterocycles. The summed E-state index contributed by atoms with van der Waals surface area (Å²) in [6, 6.07) is 15.9. The van der Waals surface area contributed by atoms with Crippen molar-refractivity contribution < 1.29 is 9.30 Å². The highest BCUT2D eigenvalue weighted by atomic mass is 16.5. The van der Waals surface area contributed by atoms with Crippen molar-refractivity contribution in [2.45, 2.75) is 44.2 Å². The van der Waals surface area contributed by atoms with Crippen molar-refractivity contribution in [1.82, 2.24) is 0 Å². The molecule has 2 aliphatic heterocycles. The van der Waals surface area contributed by atoms with Crippen molar-refractivity contribution in [3.05, 3.63) is 65.5 Å². The van der Waals surface area contributed by atoms with Crippen molar-refractivity contribution in [2.24, 2.45) is 0 Å². The quantitative estimate of drug-likeness (QED) is 0.616. The third kappa shape index (κ3) is 2.01. The number of fused-ring (bicyclic) bond motifs is 1. The van der Waals surface area contributed by atoms with Crippen LogP contribution in [-0.4, -0.2) is 12.7 Å². The van der Waals surface area contributed by atoms with Crippen LogP contribution in [0.15, 0.2) is 48.7 Å². The molecule has 5 rings (SSSR count). The van der Waals surface area contributed by atoms with Crippen LogP contribution in [0.4, 0.5) is 0 Å². The smallest absolute Gasteiger partial charge is 0.192 e. The predicted molar refractivity (Wildman–Crippen MR) is 82.3 cm³/mol. The Labute approximate surface area is 126 Å². The molecule has 0 fully saturated rings. The first-order valence-corrected chi connectivity index (χ1v) is 8.10. The maximum absolute atomic E-state index is 6.26. The van der Waals surface area contributed by atoms with Crippen LogP contribution < -0.4 is 4.57 Å². The molecule has 2 heteroatoms. The summed E-state index contributed by atoms with van der Waals surface area (Å²) in [7, 11) is 0. The van der Waals surface area contributed by atoms with Crippen LogP contribution in [0, 0.1) is 0 Å². The zero-order valence-electron chi connectivity index (χ0n) is 12.5. The summed E-state index contributed by atoms with van der Waals surface area (Å²) in [6.07, 6.45) is 6.02. The highest BCUT2D eigenvalue weighted by Crippen LogP contribution is 2.45. The zero-order valence-corrected chi connectivity index (χ0v) is 12.5. The molecule has 0 unspecified atom stereocenters. The van der Waals surface area contributed by atoms with Crippen LogP contribution >= 0.6 is 0 Å². The second-order valence-electron chi connectivity index (χ2n) is 6.15. The van der Waals surface area contributed by atoms with Crippen LogP contribution in [0.2, 0.25) is 0 Å². The van der Waals surface area contributed by atoms with E-state index in [0.717, 1.165) is 19.4 Å². The van der Waals surface area contributed by atoms with Crippen LogP contribution in [-0.2, 0) is 4.74 Å². The number of aromatic nitrogens is 1. The molecule has 0 radical (unpaired) electrons. The topological polar surface area (TPSA) is 13.1 Å². The first-order valence-electron chi connectivity index (χ1n) is 8.10. The standard InChI is InChI=1S/C19H22NO/c1-2-3-12-21-18-13-17-14-8-4-5-9-15(14)19(18)16-10-6-7-11-20(16)17/h4-11,17-19H,2-3,12-13H2,1H3/q+1/t17-,18-,19-/m1/s1. The van der Waals surface area contributed by atoms with Gasteiger partial charge in [0.2, 0.25) is 0 Å². The Morgan fingerprint density at radius 2 is 1.90 bits per heavy atom. The predicted octanol–water partition coefficient (Wildman–Crippen LogP) is 3.60. The maximum atomic E-state index is 6.26. The first-order chi connectivity index (χ1) is 10.4. The van der Waals surface area contributed by atoms with Crippen molar-refractivity contribution in [1.29, 1.82) is 0 Å². The molecule has 1 aromatic heterocycles. The third-order valence-corrected chi connectivity index (χ3v) is 4.92. The maximum Gasteiger partial charge on any atom is 0.192 e. The Balaban J connectivity index is 1.76. The lowest BCUT2D eigenvalue weighted by atomic mass is 9.72. The highest BCUT2D eigenvalue weighted by Gasteiger charge is 2.49. The Morgan fingerprint density at radius 3 is 2.76 bits per heavy atom. The van der Waals surface area contributed by atoms with Crippen molar-refractivity contribution >= 4 is 0 Å². The molecule has 1 aliphatic carbocycles. The van der Waals surface area contributed by atoms with E-state index >= 15 is 0 Å². The van der Waals surface area contributed by atoms with E-state index in [1.807, 2.05) is 0 Å². The number of hydrogen-bond donors (Lipinski definition) is 0. The van der Waals surface area contributed by atoms with Gasteiger partial charge in [-0.2, -0.15) is 4.57 Å². The lowest BCUT2D eigenvalue weighted by Gasteiger charge is -2.40. The molecule has 21 heavy (non-hydrogen) atoms. The van der Waals surface area contributed by atoms with E-state index in [1.54, 1.807) is 0 Å². The summed E-state index contributed by atoms with van der Waals surface area (Å²) in [5.41, 5.74) is 4.37. The van der Waals surface area contributed by atoms with Gasteiger partial charge in [0.25, 0.3) is 0 Å². The van der Waals surface area contributed by atoms with Crippen LogP contribution in [0.25, 0.3) is 0 Å². The molecular weight excluding hydrogens is 258 g/mol. The Bertz CT molecular complexity index is 604. The van der Waals surface area contributed by atoms with Gasteiger partial charge in [-0.15, -0.1) is 0 Å². The monoisotopic (exact) mass is 280 g/mol. The summed E-state index contributed by atoms with van der Waals surface area (Å²) < 4.78 is 8.71. The van der Waals surface area contributed by atoms with Gasteiger partial charge in [0, 0.05) is 30.7 Å². The molecule has 3 atom stereocenters. The lowest BCUT2D eigenvalue weighted by molar-refractivity contribution is -0.732. The summed E-state index contributed by atoms with van der Waals surface area (Å²) in [5, 5.41) is 0. The number of hydrogen-bond acceptors (Lipinski definition) is 1. The molecule has 3 aliphatic rings. The Hall–Kier alpha value is -1.67. The summed E-state index contributed by atoms with van der Waals surface area (Å²) in [4.78, 5) is 0. The van der Waals surface area contributed by atoms with Crippen LogP contribution in [0.1, 0.15) is 55.0 Å².